The van der Waals surface area contributed by atoms with E-state index in [9.17, 15) is 29.8 Å². The van der Waals surface area contributed by atoms with Crippen LogP contribution < -0.4 is 0 Å². The van der Waals surface area contributed by atoms with Crippen LogP contribution in [0.4, 0.5) is 11.4 Å². The van der Waals surface area contributed by atoms with Crippen molar-refractivity contribution >= 4 is 23.1 Å². The summed E-state index contributed by atoms with van der Waals surface area (Å²) < 4.78 is 4.80. The second-order valence-corrected chi connectivity index (χ2v) is 5.03. The van der Waals surface area contributed by atoms with E-state index in [0.29, 0.717) is 5.56 Å². The van der Waals surface area contributed by atoms with Crippen LogP contribution in [0.1, 0.15) is 26.3 Å². The number of carbonyl (C=O) groups excluding carboxylic acids is 2. The molecule has 0 fully saturated rings. The Hall–Kier alpha value is -3.62. The number of nitro groups is 2. The molecule has 2 aromatic carbocycles. The molecule has 2 aromatic rings. The highest BCUT2D eigenvalue weighted by atomic mass is 16.6. The predicted molar refractivity (Wildman–Crippen MR) is 85.5 cm³/mol. The van der Waals surface area contributed by atoms with Crippen LogP contribution in [0.25, 0.3) is 0 Å². The van der Waals surface area contributed by atoms with Gasteiger partial charge in [-0.15, -0.1) is 0 Å². The Labute approximate surface area is 141 Å². The number of esters is 1. The zero-order chi connectivity index (χ0) is 18.6. The topological polar surface area (TPSA) is 130 Å². The normalized spacial score (nSPS) is 10.1. The molecule has 0 saturated carbocycles. The molecule has 0 aliphatic carbocycles. The van der Waals surface area contributed by atoms with Crippen LogP contribution >= 0.6 is 0 Å². The van der Waals surface area contributed by atoms with Crippen molar-refractivity contribution in [1.82, 2.24) is 0 Å². The molecular weight excluding hydrogens is 332 g/mol. The summed E-state index contributed by atoms with van der Waals surface area (Å²) in [5.74, 6) is -1.68. The van der Waals surface area contributed by atoms with Gasteiger partial charge in [0.2, 0.25) is 5.78 Å². The molecule has 0 amide bonds. The van der Waals surface area contributed by atoms with Gasteiger partial charge in [-0.1, -0.05) is 24.3 Å². The van der Waals surface area contributed by atoms with Crippen LogP contribution in [0.15, 0.2) is 42.5 Å². The molecule has 0 aliphatic heterocycles. The van der Waals surface area contributed by atoms with Crippen LogP contribution in [0, 0.1) is 27.2 Å². The molecule has 0 atom stereocenters. The Bertz CT molecular complexity index is 877. The molecule has 0 radical (unpaired) electrons. The second kappa shape index (κ2) is 7.30. The average molecular weight is 344 g/mol. The van der Waals surface area contributed by atoms with Gasteiger partial charge in [0, 0.05) is 23.3 Å². The lowest BCUT2D eigenvalue weighted by atomic mass is 10.1. The number of nitro benzene ring substituents is 2. The third-order valence-electron chi connectivity index (χ3n) is 3.38. The molecule has 0 spiro atoms. The molecular formula is C16H12N2O7. The van der Waals surface area contributed by atoms with Crippen molar-refractivity contribution in [2.24, 2.45) is 0 Å². The molecule has 128 valence electrons. The Kier molecular flexibility index (Phi) is 5.18. The maximum absolute atomic E-state index is 12.1. The highest BCUT2D eigenvalue weighted by molar-refractivity contribution is 6.00. The van der Waals surface area contributed by atoms with E-state index < -0.39 is 33.9 Å². The van der Waals surface area contributed by atoms with Gasteiger partial charge in [0.25, 0.3) is 11.4 Å². The van der Waals surface area contributed by atoms with E-state index >= 15 is 0 Å². The van der Waals surface area contributed by atoms with Gasteiger partial charge in [-0.25, -0.2) is 4.79 Å². The Morgan fingerprint density at radius 2 is 1.64 bits per heavy atom. The van der Waals surface area contributed by atoms with E-state index in [1.165, 1.54) is 37.3 Å². The first-order chi connectivity index (χ1) is 11.8. The minimum absolute atomic E-state index is 0.00709. The summed E-state index contributed by atoms with van der Waals surface area (Å²) >= 11 is 0. The van der Waals surface area contributed by atoms with E-state index in [1.807, 2.05) is 0 Å². The van der Waals surface area contributed by atoms with Crippen LogP contribution in [0.2, 0.25) is 0 Å². The monoisotopic (exact) mass is 344 g/mol. The SMILES string of the molecule is Cc1ccc(C(=O)COC(=O)c2ccccc2[N+](=O)[O-])cc1[N+](=O)[O-]. The summed E-state index contributed by atoms with van der Waals surface area (Å²) in [4.78, 5) is 44.4. The first-order valence-electron chi connectivity index (χ1n) is 7.00. The lowest BCUT2D eigenvalue weighted by Gasteiger charge is -2.06. The van der Waals surface area contributed by atoms with Gasteiger partial charge in [-0.05, 0) is 13.0 Å². The summed E-state index contributed by atoms with van der Waals surface area (Å²) in [6, 6.07) is 9.05. The lowest BCUT2D eigenvalue weighted by Crippen LogP contribution is -2.15. The van der Waals surface area contributed by atoms with Gasteiger partial charge in [-0.3, -0.25) is 25.0 Å². The quantitative estimate of drug-likeness (QED) is 0.341. The molecule has 0 aromatic heterocycles. The van der Waals surface area contributed by atoms with Gasteiger partial charge in [-0.2, -0.15) is 0 Å². The number of ether oxygens (including phenoxy) is 1. The summed E-state index contributed by atoms with van der Waals surface area (Å²) in [6.07, 6.45) is 0. The molecule has 0 aliphatic rings. The van der Waals surface area contributed by atoms with E-state index in [4.69, 9.17) is 4.74 Å². The number of ketones is 1. The third kappa shape index (κ3) is 4.02. The molecule has 0 bridgehead atoms. The molecule has 2 rings (SSSR count). The largest absolute Gasteiger partial charge is 0.454 e. The van der Waals surface area contributed by atoms with Crippen LogP contribution in [-0.2, 0) is 4.74 Å². The fourth-order valence-corrected chi connectivity index (χ4v) is 2.08. The third-order valence-corrected chi connectivity index (χ3v) is 3.38. The summed E-state index contributed by atoms with van der Waals surface area (Å²) in [7, 11) is 0. The maximum Gasteiger partial charge on any atom is 0.345 e. The number of hydrogen-bond donors (Lipinski definition) is 0. The molecule has 25 heavy (non-hydrogen) atoms. The van der Waals surface area contributed by atoms with Crippen LogP contribution in [0.3, 0.4) is 0 Å². The van der Waals surface area contributed by atoms with Crippen molar-refractivity contribution < 1.29 is 24.2 Å². The van der Waals surface area contributed by atoms with E-state index in [0.717, 1.165) is 12.1 Å². The summed E-state index contributed by atoms with van der Waals surface area (Å²) in [5.41, 5.74) is -0.553. The Morgan fingerprint density at radius 3 is 2.28 bits per heavy atom. The minimum Gasteiger partial charge on any atom is -0.454 e. The number of nitrogens with zero attached hydrogens (tertiary/aromatic N) is 2. The first kappa shape index (κ1) is 17.7. The number of aryl methyl sites for hydroxylation is 1. The van der Waals surface area contributed by atoms with Crippen LogP contribution in [-0.4, -0.2) is 28.2 Å². The molecule has 0 N–H and O–H groups in total. The number of carbonyl (C=O) groups is 2. The van der Waals surface area contributed by atoms with Gasteiger partial charge < -0.3 is 4.74 Å². The smallest absolute Gasteiger partial charge is 0.345 e. The average Bonchev–Trinajstić information content (AvgIpc) is 2.59. The summed E-state index contributed by atoms with van der Waals surface area (Å²) in [5, 5.41) is 21.8. The van der Waals surface area contributed by atoms with Gasteiger partial charge in [0.1, 0.15) is 5.56 Å². The number of para-hydroxylation sites is 1. The fourth-order valence-electron chi connectivity index (χ4n) is 2.08. The highest BCUT2D eigenvalue weighted by Gasteiger charge is 2.22. The number of Topliss-reactive ketones (excluding diaryl/α,β-unsaturated/α-hetero) is 1. The van der Waals surface area contributed by atoms with Gasteiger partial charge in [0.15, 0.2) is 6.61 Å². The van der Waals surface area contributed by atoms with Gasteiger partial charge in [0.05, 0.1) is 9.85 Å². The molecule has 0 unspecified atom stereocenters. The standard InChI is InChI=1S/C16H12N2O7/c1-10-6-7-11(8-14(10)18(23)24)15(19)9-25-16(20)12-4-2-3-5-13(12)17(21)22/h2-8H,9H2,1H3. The summed E-state index contributed by atoms with van der Waals surface area (Å²) in [6.45, 7) is 0.839. The van der Waals surface area contributed by atoms with Crippen molar-refractivity contribution in [2.75, 3.05) is 6.61 Å². The second-order valence-electron chi connectivity index (χ2n) is 5.03. The first-order valence-corrected chi connectivity index (χ1v) is 7.00. The molecule has 9 nitrogen and oxygen atoms in total. The lowest BCUT2D eigenvalue weighted by molar-refractivity contribution is -0.385. The highest BCUT2D eigenvalue weighted by Crippen LogP contribution is 2.21. The van der Waals surface area contributed by atoms with Crippen molar-refractivity contribution in [2.45, 2.75) is 6.92 Å². The Morgan fingerprint density at radius 1 is 1.00 bits per heavy atom. The number of rotatable bonds is 6. The van der Waals surface area contributed by atoms with Crippen molar-refractivity contribution in [3.63, 3.8) is 0 Å². The van der Waals surface area contributed by atoms with Crippen molar-refractivity contribution in [3.8, 4) is 0 Å². The van der Waals surface area contributed by atoms with Crippen molar-refractivity contribution in [1.29, 1.82) is 0 Å². The van der Waals surface area contributed by atoms with E-state index in [1.54, 1.807) is 0 Å². The zero-order valence-corrected chi connectivity index (χ0v) is 13.0. The van der Waals surface area contributed by atoms with Crippen molar-refractivity contribution in [3.05, 3.63) is 79.4 Å². The molecule has 0 heterocycles. The fraction of sp³-hybridized carbons (Fsp3) is 0.125. The van der Waals surface area contributed by atoms with E-state index in [2.05, 4.69) is 0 Å². The maximum atomic E-state index is 12.1. The Balaban J connectivity index is 2.13. The van der Waals surface area contributed by atoms with E-state index in [-0.39, 0.29) is 16.8 Å². The predicted octanol–water partition coefficient (Wildman–Crippen LogP) is 2.85. The number of benzene rings is 2. The minimum atomic E-state index is -1.03. The zero-order valence-electron chi connectivity index (χ0n) is 13.0. The number of hydrogen-bond acceptors (Lipinski definition) is 7. The van der Waals surface area contributed by atoms with Gasteiger partial charge >= 0.3 is 5.97 Å². The molecule has 9 heteroatoms. The molecule has 0 saturated heterocycles. The van der Waals surface area contributed by atoms with Crippen LogP contribution in [0.5, 0.6) is 0 Å².